The van der Waals surface area contributed by atoms with Crippen molar-refractivity contribution in [3.63, 3.8) is 0 Å². The Morgan fingerprint density at radius 3 is 2.50 bits per heavy atom. The zero-order valence-electron chi connectivity index (χ0n) is 10.0. The Labute approximate surface area is 96.4 Å². The third-order valence-electron chi connectivity index (χ3n) is 2.08. The third kappa shape index (κ3) is 5.37. The van der Waals surface area contributed by atoms with Gasteiger partial charge in [0.05, 0.1) is 18.5 Å². The van der Waals surface area contributed by atoms with Gasteiger partial charge in [0.15, 0.2) is 0 Å². The standard InChI is InChI=1S/C11H19N3O2/c1-5-6-13-7-9(15)14-8-11(2,3)10(16)12-4/h1,13H,6-8H2,2-4H3,(H,12,16)(H,14,15). The molecule has 0 aromatic heterocycles. The second kappa shape index (κ2) is 6.85. The van der Waals surface area contributed by atoms with Gasteiger partial charge in [0.1, 0.15) is 0 Å². The van der Waals surface area contributed by atoms with E-state index in [1.807, 2.05) is 0 Å². The molecule has 0 saturated heterocycles. The van der Waals surface area contributed by atoms with Crippen molar-refractivity contribution < 1.29 is 9.59 Å². The Morgan fingerprint density at radius 2 is 2.00 bits per heavy atom. The van der Waals surface area contributed by atoms with Crippen LogP contribution >= 0.6 is 0 Å². The summed E-state index contributed by atoms with van der Waals surface area (Å²) in [6.45, 7) is 4.34. The molecule has 0 radical (unpaired) electrons. The Kier molecular flexibility index (Phi) is 6.19. The van der Waals surface area contributed by atoms with E-state index >= 15 is 0 Å². The van der Waals surface area contributed by atoms with E-state index in [0.717, 1.165) is 0 Å². The predicted octanol–water partition coefficient (Wildman–Crippen LogP) is -0.902. The van der Waals surface area contributed by atoms with Crippen LogP contribution in [0, 0.1) is 17.8 Å². The molecule has 0 unspecified atom stereocenters. The molecule has 0 aromatic carbocycles. The highest BCUT2D eigenvalue weighted by Crippen LogP contribution is 2.12. The van der Waals surface area contributed by atoms with Gasteiger partial charge >= 0.3 is 0 Å². The van der Waals surface area contributed by atoms with Gasteiger partial charge in [-0.2, -0.15) is 0 Å². The van der Waals surface area contributed by atoms with Crippen molar-refractivity contribution in [1.82, 2.24) is 16.0 Å². The van der Waals surface area contributed by atoms with Gasteiger partial charge in [0.25, 0.3) is 0 Å². The van der Waals surface area contributed by atoms with Crippen LogP contribution in [0.3, 0.4) is 0 Å². The summed E-state index contributed by atoms with van der Waals surface area (Å²) in [7, 11) is 1.57. The molecule has 5 nitrogen and oxygen atoms in total. The van der Waals surface area contributed by atoms with Crippen molar-refractivity contribution in [3.8, 4) is 12.3 Å². The van der Waals surface area contributed by atoms with Crippen molar-refractivity contribution in [2.75, 3.05) is 26.7 Å². The fourth-order valence-electron chi connectivity index (χ4n) is 1.05. The molecule has 3 N–H and O–H groups in total. The van der Waals surface area contributed by atoms with Gasteiger partial charge in [0.2, 0.25) is 11.8 Å². The Hall–Kier alpha value is -1.54. The largest absolute Gasteiger partial charge is 0.359 e. The van der Waals surface area contributed by atoms with Crippen LogP contribution in [-0.2, 0) is 9.59 Å². The number of rotatable bonds is 6. The molecule has 0 atom stereocenters. The maximum absolute atomic E-state index is 11.4. The summed E-state index contributed by atoms with van der Waals surface area (Å²) in [5.74, 6) is 2.09. The lowest BCUT2D eigenvalue weighted by Crippen LogP contribution is -2.45. The summed E-state index contributed by atoms with van der Waals surface area (Å²) in [6.07, 6.45) is 5.02. The molecular weight excluding hydrogens is 206 g/mol. The van der Waals surface area contributed by atoms with Crippen molar-refractivity contribution in [1.29, 1.82) is 0 Å². The fourth-order valence-corrected chi connectivity index (χ4v) is 1.05. The highest BCUT2D eigenvalue weighted by molar-refractivity contribution is 5.83. The maximum atomic E-state index is 11.4. The summed E-state index contributed by atoms with van der Waals surface area (Å²) in [6, 6.07) is 0. The van der Waals surface area contributed by atoms with Crippen LogP contribution < -0.4 is 16.0 Å². The number of amides is 2. The molecule has 0 aliphatic rings. The monoisotopic (exact) mass is 225 g/mol. The minimum Gasteiger partial charge on any atom is -0.359 e. The molecule has 0 heterocycles. The summed E-state index contributed by atoms with van der Waals surface area (Å²) < 4.78 is 0. The molecule has 0 saturated carbocycles. The van der Waals surface area contributed by atoms with Gasteiger partial charge in [-0.15, -0.1) is 6.42 Å². The van der Waals surface area contributed by atoms with Gasteiger partial charge in [-0.05, 0) is 13.8 Å². The molecule has 0 rings (SSSR count). The number of hydrogen-bond donors (Lipinski definition) is 3. The Morgan fingerprint density at radius 1 is 1.38 bits per heavy atom. The van der Waals surface area contributed by atoms with Crippen LogP contribution in [-0.4, -0.2) is 38.5 Å². The molecule has 90 valence electrons. The average Bonchev–Trinajstić information content (AvgIpc) is 2.25. The minimum absolute atomic E-state index is 0.107. The Balaban J connectivity index is 3.91. The van der Waals surface area contributed by atoms with Crippen LogP contribution in [0.2, 0.25) is 0 Å². The molecule has 0 aliphatic carbocycles. The van der Waals surface area contributed by atoms with Crippen molar-refractivity contribution in [2.24, 2.45) is 5.41 Å². The first kappa shape index (κ1) is 14.5. The van der Waals surface area contributed by atoms with E-state index in [-0.39, 0.29) is 18.4 Å². The van der Waals surface area contributed by atoms with E-state index in [9.17, 15) is 9.59 Å². The van der Waals surface area contributed by atoms with E-state index in [2.05, 4.69) is 21.9 Å². The fraction of sp³-hybridized carbons (Fsp3) is 0.636. The van der Waals surface area contributed by atoms with E-state index < -0.39 is 5.41 Å². The van der Waals surface area contributed by atoms with E-state index in [1.165, 1.54) is 0 Å². The smallest absolute Gasteiger partial charge is 0.234 e. The summed E-state index contributed by atoms with van der Waals surface area (Å²) in [5, 5.41) is 7.98. The van der Waals surface area contributed by atoms with Crippen LogP contribution in [0.1, 0.15) is 13.8 Å². The first-order valence-corrected chi connectivity index (χ1v) is 5.07. The van der Waals surface area contributed by atoms with Crippen LogP contribution in [0.15, 0.2) is 0 Å². The molecule has 0 bridgehead atoms. The topological polar surface area (TPSA) is 70.2 Å². The quantitative estimate of drug-likeness (QED) is 0.405. The van der Waals surface area contributed by atoms with E-state index in [4.69, 9.17) is 6.42 Å². The lowest BCUT2D eigenvalue weighted by Gasteiger charge is -2.22. The van der Waals surface area contributed by atoms with E-state index in [0.29, 0.717) is 13.1 Å². The summed E-state index contributed by atoms with van der Waals surface area (Å²) >= 11 is 0. The average molecular weight is 225 g/mol. The number of terminal acetylenes is 1. The first-order valence-electron chi connectivity index (χ1n) is 5.07. The zero-order chi connectivity index (χ0) is 12.6. The summed E-state index contributed by atoms with van der Waals surface area (Å²) in [5.41, 5.74) is -0.615. The van der Waals surface area contributed by atoms with Crippen molar-refractivity contribution in [2.45, 2.75) is 13.8 Å². The molecule has 5 heteroatoms. The third-order valence-corrected chi connectivity index (χ3v) is 2.08. The second-order valence-corrected chi connectivity index (χ2v) is 4.05. The maximum Gasteiger partial charge on any atom is 0.234 e. The highest BCUT2D eigenvalue weighted by Gasteiger charge is 2.26. The van der Waals surface area contributed by atoms with Crippen molar-refractivity contribution >= 4 is 11.8 Å². The number of carbonyl (C=O) groups is 2. The van der Waals surface area contributed by atoms with Crippen molar-refractivity contribution in [3.05, 3.63) is 0 Å². The van der Waals surface area contributed by atoms with Crippen LogP contribution in [0.4, 0.5) is 0 Å². The molecule has 16 heavy (non-hydrogen) atoms. The molecule has 0 spiro atoms. The lowest BCUT2D eigenvalue weighted by molar-refractivity contribution is -0.129. The predicted molar refractivity (Wildman–Crippen MR) is 62.6 cm³/mol. The lowest BCUT2D eigenvalue weighted by atomic mass is 9.92. The SMILES string of the molecule is C#CCNCC(=O)NCC(C)(C)C(=O)NC. The first-order chi connectivity index (χ1) is 7.44. The van der Waals surface area contributed by atoms with E-state index in [1.54, 1.807) is 20.9 Å². The van der Waals surface area contributed by atoms with Gasteiger partial charge < -0.3 is 10.6 Å². The van der Waals surface area contributed by atoms with Gasteiger partial charge in [-0.3, -0.25) is 14.9 Å². The Bertz CT molecular complexity index is 292. The van der Waals surface area contributed by atoms with Gasteiger partial charge in [-0.25, -0.2) is 0 Å². The molecule has 0 aromatic rings. The molecule has 0 fully saturated rings. The summed E-state index contributed by atoms with van der Waals surface area (Å²) in [4.78, 5) is 22.7. The number of hydrogen-bond acceptors (Lipinski definition) is 3. The zero-order valence-corrected chi connectivity index (χ0v) is 10.0. The highest BCUT2D eigenvalue weighted by atomic mass is 16.2. The molecule has 2 amide bonds. The van der Waals surface area contributed by atoms with Crippen LogP contribution in [0.5, 0.6) is 0 Å². The number of carbonyl (C=O) groups excluding carboxylic acids is 2. The second-order valence-electron chi connectivity index (χ2n) is 4.05. The van der Waals surface area contributed by atoms with Crippen LogP contribution in [0.25, 0.3) is 0 Å². The molecule has 0 aliphatic heterocycles. The molecular formula is C11H19N3O2. The number of nitrogens with one attached hydrogen (secondary N) is 3. The van der Waals surface area contributed by atoms with Gasteiger partial charge in [0, 0.05) is 13.6 Å². The minimum atomic E-state index is -0.615. The van der Waals surface area contributed by atoms with Gasteiger partial charge in [-0.1, -0.05) is 5.92 Å². The normalized spacial score (nSPS) is 10.4.